The normalized spacial score (nSPS) is 10.7. The van der Waals surface area contributed by atoms with Gasteiger partial charge in [0.25, 0.3) is 5.91 Å². The summed E-state index contributed by atoms with van der Waals surface area (Å²) in [5, 5.41) is 10.4. The Morgan fingerprint density at radius 3 is 2.74 bits per heavy atom. The molecule has 0 radical (unpaired) electrons. The van der Waals surface area contributed by atoms with Gasteiger partial charge in [0.2, 0.25) is 0 Å². The molecule has 0 saturated carbocycles. The summed E-state index contributed by atoms with van der Waals surface area (Å²) in [7, 11) is 0. The van der Waals surface area contributed by atoms with Crippen molar-refractivity contribution < 1.29 is 4.79 Å². The first kappa shape index (κ1) is 16.2. The van der Waals surface area contributed by atoms with Crippen molar-refractivity contribution in [1.29, 1.82) is 0 Å². The maximum absolute atomic E-state index is 12.4. The highest BCUT2D eigenvalue weighted by atomic mass is 79.9. The van der Waals surface area contributed by atoms with Crippen LogP contribution >= 0.6 is 38.9 Å². The van der Waals surface area contributed by atoms with Crippen LogP contribution in [0, 0.1) is 0 Å². The van der Waals surface area contributed by atoms with Crippen molar-refractivity contribution in [3.05, 3.63) is 61.8 Å². The van der Waals surface area contributed by atoms with Crippen LogP contribution in [0.5, 0.6) is 0 Å². The van der Waals surface area contributed by atoms with Crippen molar-refractivity contribution in [2.75, 3.05) is 6.54 Å². The molecule has 2 heterocycles. The molecular formula is C16H13BrClN3OS. The minimum atomic E-state index is -0.140. The molecule has 3 rings (SSSR count). The summed E-state index contributed by atoms with van der Waals surface area (Å²) in [6.07, 6.45) is 2.34. The molecule has 0 aliphatic heterocycles. The third-order valence-electron chi connectivity index (χ3n) is 3.30. The molecule has 0 saturated heterocycles. The van der Waals surface area contributed by atoms with Crippen molar-refractivity contribution in [3.63, 3.8) is 0 Å². The predicted octanol–water partition coefficient (Wildman–Crippen LogP) is 4.53. The van der Waals surface area contributed by atoms with E-state index in [-0.39, 0.29) is 5.91 Å². The molecule has 3 aromatic rings. The van der Waals surface area contributed by atoms with Crippen molar-refractivity contribution in [3.8, 4) is 11.3 Å². The molecule has 0 bridgehead atoms. The number of carbonyl (C=O) groups excluding carboxylic acids is 1. The molecule has 1 aromatic carbocycles. The van der Waals surface area contributed by atoms with Crippen molar-refractivity contribution >= 4 is 44.8 Å². The van der Waals surface area contributed by atoms with Crippen LogP contribution < -0.4 is 5.32 Å². The summed E-state index contributed by atoms with van der Waals surface area (Å²) in [5.41, 5.74) is 2.09. The Bertz CT molecular complexity index is 813. The molecule has 0 aliphatic rings. The molecule has 7 heteroatoms. The van der Waals surface area contributed by atoms with E-state index >= 15 is 0 Å². The topological polar surface area (TPSA) is 57.8 Å². The molecule has 4 nitrogen and oxygen atoms in total. The van der Waals surface area contributed by atoms with Crippen molar-refractivity contribution in [2.24, 2.45) is 0 Å². The van der Waals surface area contributed by atoms with Crippen LogP contribution in [0.1, 0.15) is 15.2 Å². The maximum atomic E-state index is 12.4. The minimum absolute atomic E-state index is 0.140. The van der Waals surface area contributed by atoms with Gasteiger partial charge in [-0.2, -0.15) is 5.10 Å². The molecule has 0 aliphatic carbocycles. The third kappa shape index (κ3) is 4.02. The number of hydrogen-bond donors (Lipinski definition) is 2. The molecule has 2 aromatic heterocycles. The first-order valence-electron chi connectivity index (χ1n) is 6.95. The molecule has 118 valence electrons. The Morgan fingerprint density at radius 1 is 1.26 bits per heavy atom. The van der Waals surface area contributed by atoms with E-state index in [4.69, 9.17) is 11.6 Å². The van der Waals surface area contributed by atoms with Crippen LogP contribution in [0.2, 0.25) is 5.02 Å². The van der Waals surface area contributed by atoms with E-state index in [0.717, 1.165) is 15.8 Å². The smallest absolute Gasteiger partial charge is 0.255 e. The van der Waals surface area contributed by atoms with Crippen LogP contribution in [0.3, 0.4) is 0 Å². The molecule has 0 fully saturated rings. The van der Waals surface area contributed by atoms with Gasteiger partial charge in [-0.1, -0.05) is 23.7 Å². The second-order valence-corrected chi connectivity index (χ2v) is 7.86. The van der Waals surface area contributed by atoms with Crippen molar-refractivity contribution in [1.82, 2.24) is 15.5 Å². The SMILES string of the molecule is O=C(NCCc1ccc(Br)s1)c1cn[nH]c1-c1ccc(Cl)cc1. The number of nitrogens with zero attached hydrogens (tertiary/aromatic N) is 1. The molecule has 0 atom stereocenters. The fourth-order valence-electron chi connectivity index (χ4n) is 2.18. The predicted molar refractivity (Wildman–Crippen MR) is 97.1 cm³/mol. The van der Waals surface area contributed by atoms with E-state index in [2.05, 4.69) is 37.5 Å². The van der Waals surface area contributed by atoms with E-state index in [1.54, 1.807) is 29.7 Å². The number of benzene rings is 1. The lowest BCUT2D eigenvalue weighted by atomic mass is 10.1. The fraction of sp³-hybridized carbons (Fsp3) is 0.125. The summed E-state index contributed by atoms with van der Waals surface area (Å²) in [4.78, 5) is 13.6. The fourth-order valence-corrected chi connectivity index (χ4v) is 3.78. The van der Waals surface area contributed by atoms with E-state index in [1.165, 1.54) is 4.88 Å². The van der Waals surface area contributed by atoms with Crippen LogP contribution in [0.25, 0.3) is 11.3 Å². The van der Waals surface area contributed by atoms with Gasteiger partial charge >= 0.3 is 0 Å². The first-order chi connectivity index (χ1) is 11.1. The number of halogens is 2. The summed E-state index contributed by atoms with van der Waals surface area (Å²) in [6.45, 7) is 0.580. The summed E-state index contributed by atoms with van der Waals surface area (Å²) in [6, 6.07) is 11.3. The molecule has 1 amide bonds. The van der Waals surface area contributed by atoms with E-state index in [9.17, 15) is 4.79 Å². The lowest BCUT2D eigenvalue weighted by Gasteiger charge is -2.05. The Balaban J connectivity index is 1.66. The van der Waals surface area contributed by atoms with E-state index in [0.29, 0.717) is 22.8 Å². The number of H-pyrrole nitrogens is 1. The Morgan fingerprint density at radius 2 is 2.04 bits per heavy atom. The average molecular weight is 411 g/mol. The number of thiophene rings is 1. The van der Waals surface area contributed by atoms with Gasteiger partial charge in [-0.3, -0.25) is 9.89 Å². The zero-order chi connectivity index (χ0) is 16.2. The van der Waals surface area contributed by atoms with Crippen LogP contribution in [-0.2, 0) is 6.42 Å². The van der Waals surface area contributed by atoms with E-state index in [1.807, 2.05) is 18.2 Å². The summed E-state index contributed by atoms with van der Waals surface area (Å²) >= 11 is 11.0. The van der Waals surface area contributed by atoms with Gasteiger partial charge in [-0.05, 0) is 46.6 Å². The molecular weight excluding hydrogens is 398 g/mol. The van der Waals surface area contributed by atoms with Crippen LogP contribution in [0.4, 0.5) is 0 Å². The Kier molecular flexibility index (Phi) is 5.15. The zero-order valence-electron chi connectivity index (χ0n) is 12.0. The number of aromatic nitrogens is 2. The van der Waals surface area contributed by atoms with Gasteiger partial charge in [0.15, 0.2) is 0 Å². The maximum Gasteiger partial charge on any atom is 0.255 e. The zero-order valence-corrected chi connectivity index (χ0v) is 15.1. The van der Waals surface area contributed by atoms with Gasteiger partial charge in [0.1, 0.15) is 0 Å². The summed E-state index contributed by atoms with van der Waals surface area (Å²) < 4.78 is 1.10. The Labute approximate surface area is 151 Å². The van der Waals surface area contributed by atoms with Gasteiger partial charge in [0, 0.05) is 22.0 Å². The lowest BCUT2D eigenvalue weighted by molar-refractivity contribution is 0.0955. The quantitative estimate of drug-likeness (QED) is 0.649. The average Bonchev–Trinajstić information content (AvgIpc) is 3.17. The molecule has 23 heavy (non-hydrogen) atoms. The van der Waals surface area contributed by atoms with Crippen LogP contribution in [-0.4, -0.2) is 22.6 Å². The number of nitrogens with one attached hydrogen (secondary N) is 2. The van der Waals surface area contributed by atoms with Crippen molar-refractivity contribution in [2.45, 2.75) is 6.42 Å². The third-order valence-corrected chi connectivity index (χ3v) is 5.24. The highest BCUT2D eigenvalue weighted by Crippen LogP contribution is 2.23. The monoisotopic (exact) mass is 409 g/mol. The molecule has 0 unspecified atom stereocenters. The minimum Gasteiger partial charge on any atom is -0.352 e. The Hall–Kier alpha value is -1.63. The number of amides is 1. The standard InChI is InChI=1S/C16H13BrClN3OS/c17-14-6-5-12(23-14)7-8-19-16(22)13-9-20-21-15(13)10-1-3-11(18)4-2-10/h1-6,9H,7-8H2,(H,19,22)(H,20,21). The largest absolute Gasteiger partial charge is 0.352 e. The highest BCUT2D eigenvalue weighted by molar-refractivity contribution is 9.11. The number of carbonyl (C=O) groups is 1. The number of hydrogen-bond acceptors (Lipinski definition) is 3. The van der Waals surface area contributed by atoms with Gasteiger partial charge in [0.05, 0.1) is 21.2 Å². The van der Waals surface area contributed by atoms with Crippen LogP contribution in [0.15, 0.2) is 46.4 Å². The second kappa shape index (κ2) is 7.29. The highest BCUT2D eigenvalue weighted by Gasteiger charge is 2.15. The summed E-state index contributed by atoms with van der Waals surface area (Å²) in [5.74, 6) is -0.140. The number of aromatic amines is 1. The molecule has 0 spiro atoms. The lowest BCUT2D eigenvalue weighted by Crippen LogP contribution is -2.25. The second-order valence-electron chi connectivity index (χ2n) is 4.88. The number of rotatable bonds is 5. The van der Waals surface area contributed by atoms with Gasteiger partial charge < -0.3 is 5.32 Å². The molecule has 2 N–H and O–H groups in total. The first-order valence-corrected chi connectivity index (χ1v) is 8.94. The van der Waals surface area contributed by atoms with Gasteiger partial charge in [-0.25, -0.2) is 0 Å². The van der Waals surface area contributed by atoms with E-state index < -0.39 is 0 Å². The van der Waals surface area contributed by atoms with Gasteiger partial charge in [-0.15, -0.1) is 11.3 Å².